The maximum Gasteiger partial charge on any atom is 0.472 e. The summed E-state index contributed by atoms with van der Waals surface area (Å²) in [5, 5.41) is 3.01. The molecular weight excluding hydrogens is 892 g/mol. The Bertz CT molecular complexity index is 1610. The fourth-order valence-electron chi connectivity index (χ4n) is 7.10. The molecule has 0 aromatic carbocycles. The summed E-state index contributed by atoms with van der Waals surface area (Å²) in [5.41, 5.74) is 0. The molecule has 3 atom stereocenters. The quantitative estimate of drug-likeness (QED) is 0.0156. The third-order valence-corrected chi connectivity index (χ3v) is 12.3. The molecular formula is C60H102N2O7P+. The molecule has 0 bridgehead atoms. The van der Waals surface area contributed by atoms with Gasteiger partial charge in [0.25, 0.3) is 0 Å². The second-order valence-corrected chi connectivity index (χ2v) is 20.6. The van der Waals surface area contributed by atoms with E-state index in [-0.39, 0.29) is 37.9 Å². The van der Waals surface area contributed by atoms with E-state index in [0.29, 0.717) is 23.9 Å². The summed E-state index contributed by atoms with van der Waals surface area (Å²) in [6, 6.07) is -0.888. The van der Waals surface area contributed by atoms with Crippen molar-refractivity contribution in [1.29, 1.82) is 0 Å². The molecule has 3 unspecified atom stereocenters. The monoisotopic (exact) mass is 994 g/mol. The summed E-state index contributed by atoms with van der Waals surface area (Å²) >= 11 is 0. The second-order valence-electron chi connectivity index (χ2n) is 19.1. The smallest absolute Gasteiger partial charge is 0.456 e. The number of phosphoric acid groups is 1. The lowest BCUT2D eigenvalue weighted by molar-refractivity contribution is -0.870. The van der Waals surface area contributed by atoms with Gasteiger partial charge in [-0.05, 0) is 83.1 Å². The normalized spacial score (nSPS) is 14.8. The number of carbonyl (C=O) groups excluding carboxylic acids is 2. The van der Waals surface area contributed by atoms with Gasteiger partial charge >= 0.3 is 13.8 Å². The maximum absolute atomic E-state index is 13.5. The lowest BCUT2D eigenvalue weighted by Crippen LogP contribution is -2.47. The van der Waals surface area contributed by atoms with Crippen molar-refractivity contribution in [2.24, 2.45) is 0 Å². The molecule has 398 valence electrons. The Morgan fingerprint density at radius 3 is 1.56 bits per heavy atom. The molecule has 0 aliphatic carbocycles. The summed E-state index contributed by atoms with van der Waals surface area (Å²) in [7, 11) is 1.43. The van der Waals surface area contributed by atoms with Gasteiger partial charge in [0.1, 0.15) is 19.3 Å². The van der Waals surface area contributed by atoms with E-state index in [0.717, 1.165) is 89.9 Å². The zero-order chi connectivity index (χ0) is 51.5. The number of carbonyl (C=O) groups is 2. The minimum absolute atomic E-state index is 0.0200. The van der Waals surface area contributed by atoms with Crippen LogP contribution in [0, 0.1) is 0 Å². The standard InChI is InChI=1S/C60H101N2O7P/c1-7-10-13-16-19-22-25-28-30-31-32-34-37-40-43-46-49-52-59(63)61-57(56-68-70(65,66)67-55-54-62(4,5)6)58(51-48-45-42-39-36-33-27-24-21-18-15-12-9-3)69-60(64)53-50-47-44-41-38-35-29-26-23-20-17-14-11-8-2/h10-11,13-14,16,19-20,22-23,25,28-32,34-35,37,48,51,57-58H,7-9,12,15,17-18,21,24,26-27,33,36,38-47,49-50,52-56H2,1-6H3,(H-,61,63,65,66)/p+1/b13-10-,14-11+,19-16+,23-20+,25-22+,30-28-,32-31+,35-29+,37-34+,51-48+. The topological polar surface area (TPSA) is 111 Å². The van der Waals surface area contributed by atoms with Crippen molar-refractivity contribution in [1.82, 2.24) is 5.32 Å². The van der Waals surface area contributed by atoms with Crippen molar-refractivity contribution in [3.63, 3.8) is 0 Å². The zero-order valence-corrected chi connectivity index (χ0v) is 46.1. The molecule has 2 N–H and O–H groups in total. The van der Waals surface area contributed by atoms with Crippen LogP contribution in [-0.4, -0.2) is 74.3 Å². The van der Waals surface area contributed by atoms with Crippen molar-refractivity contribution in [2.45, 2.75) is 206 Å². The number of nitrogens with one attached hydrogen (secondary N) is 1. The highest BCUT2D eigenvalue weighted by Crippen LogP contribution is 2.43. The van der Waals surface area contributed by atoms with Gasteiger partial charge in [-0.25, -0.2) is 4.57 Å². The molecule has 0 fully saturated rings. The Labute approximate surface area is 429 Å². The van der Waals surface area contributed by atoms with Crippen LogP contribution in [0.4, 0.5) is 0 Å². The summed E-state index contributed by atoms with van der Waals surface area (Å²) in [6.45, 7) is 6.67. The number of hydrogen-bond acceptors (Lipinski definition) is 6. The van der Waals surface area contributed by atoms with Gasteiger partial charge in [0.15, 0.2) is 0 Å². The van der Waals surface area contributed by atoms with E-state index in [9.17, 15) is 19.0 Å². The SMILES string of the molecule is CC\C=C/C=C/C=C/C=C\C=C\C=C\CCCCCC(=O)NC(COP(=O)(O)OCC[N+](C)(C)C)C(/C=C/CCCCCCCCCCCCC)OC(=O)CCCCCC/C=C/C/C=C/C/C=C/CC. The van der Waals surface area contributed by atoms with Crippen LogP contribution in [-0.2, 0) is 27.9 Å². The van der Waals surface area contributed by atoms with Crippen LogP contribution in [0.5, 0.6) is 0 Å². The average Bonchev–Trinajstić information content (AvgIpc) is 3.32. The van der Waals surface area contributed by atoms with Gasteiger partial charge in [-0.1, -0.05) is 220 Å². The van der Waals surface area contributed by atoms with Crippen molar-refractivity contribution < 1.29 is 37.3 Å². The third kappa shape index (κ3) is 49.4. The van der Waals surface area contributed by atoms with Crippen molar-refractivity contribution in [2.75, 3.05) is 40.9 Å². The van der Waals surface area contributed by atoms with Crippen LogP contribution in [0.2, 0.25) is 0 Å². The first-order valence-electron chi connectivity index (χ1n) is 27.4. The van der Waals surface area contributed by atoms with E-state index in [1.807, 2.05) is 94.1 Å². The van der Waals surface area contributed by atoms with Gasteiger partial charge in [0.05, 0.1) is 33.8 Å². The van der Waals surface area contributed by atoms with Gasteiger partial charge < -0.3 is 19.4 Å². The molecule has 0 heterocycles. The van der Waals surface area contributed by atoms with E-state index in [1.165, 1.54) is 57.8 Å². The molecule has 0 saturated carbocycles. The molecule has 0 saturated heterocycles. The number of likely N-dealkylation sites (N-methyl/N-ethyl adjacent to an activating group) is 1. The highest BCUT2D eigenvalue weighted by Gasteiger charge is 2.30. The average molecular weight is 994 g/mol. The fraction of sp³-hybridized carbons (Fsp3) is 0.633. The molecule has 70 heavy (non-hydrogen) atoms. The Hall–Kier alpha value is -3.59. The summed E-state index contributed by atoms with van der Waals surface area (Å²) in [5.74, 6) is -0.594. The Balaban J connectivity index is 5.56. The predicted molar refractivity (Wildman–Crippen MR) is 300 cm³/mol. The van der Waals surface area contributed by atoms with Crippen LogP contribution >= 0.6 is 7.82 Å². The van der Waals surface area contributed by atoms with Crippen LogP contribution in [0.25, 0.3) is 0 Å². The number of phosphoric ester groups is 1. The summed E-state index contributed by atoms with van der Waals surface area (Å²) < 4.78 is 30.5. The molecule has 10 heteroatoms. The van der Waals surface area contributed by atoms with Gasteiger partial charge in [-0.15, -0.1) is 0 Å². The van der Waals surface area contributed by atoms with Gasteiger partial charge in [0.2, 0.25) is 5.91 Å². The first-order chi connectivity index (χ1) is 33.9. The predicted octanol–water partition coefficient (Wildman–Crippen LogP) is 16.4. The molecule has 1 amide bonds. The zero-order valence-electron chi connectivity index (χ0n) is 45.2. The number of hydrogen-bond donors (Lipinski definition) is 2. The molecule has 0 aromatic rings. The molecule has 0 aliphatic heterocycles. The van der Waals surface area contributed by atoms with Crippen LogP contribution in [0.15, 0.2) is 122 Å². The number of unbranched alkanes of at least 4 members (excludes halogenated alkanes) is 18. The van der Waals surface area contributed by atoms with E-state index in [4.69, 9.17) is 13.8 Å². The number of amides is 1. The maximum atomic E-state index is 13.5. The Morgan fingerprint density at radius 1 is 0.529 bits per heavy atom. The number of esters is 1. The van der Waals surface area contributed by atoms with E-state index < -0.39 is 20.0 Å². The van der Waals surface area contributed by atoms with Gasteiger partial charge in [-0.3, -0.25) is 18.6 Å². The molecule has 9 nitrogen and oxygen atoms in total. The third-order valence-electron chi connectivity index (χ3n) is 11.3. The molecule has 0 spiro atoms. The van der Waals surface area contributed by atoms with E-state index in [1.54, 1.807) is 0 Å². The van der Waals surface area contributed by atoms with Crippen LogP contribution in [0.3, 0.4) is 0 Å². The number of rotatable bonds is 47. The van der Waals surface area contributed by atoms with Crippen LogP contribution < -0.4 is 5.32 Å². The first kappa shape index (κ1) is 66.4. The van der Waals surface area contributed by atoms with E-state index >= 15 is 0 Å². The number of nitrogens with zero attached hydrogens (tertiary/aromatic N) is 1. The number of allylic oxidation sites excluding steroid dienone is 19. The molecule has 0 aromatic heterocycles. The summed E-state index contributed by atoms with van der Waals surface area (Å²) in [6.07, 6.45) is 67.6. The van der Waals surface area contributed by atoms with Crippen molar-refractivity contribution in [3.8, 4) is 0 Å². The lowest BCUT2D eigenvalue weighted by Gasteiger charge is -2.27. The highest BCUT2D eigenvalue weighted by molar-refractivity contribution is 7.47. The largest absolute Gasteiger partial charge is 0.472 e. The van der Waals surface area contributed by atoms with Crippen molar-refractivity contribution >= 4 is 19.7 Å². The Morgan fingerprint density at radius 2 is 0.986 bits per heavy atom. The van der Waals surface area contributed by atoms with E-state index in [2.05, 4.69) is 74.7 Å². The fourth-order valence-corrected chi connectivity index (χ4v) is 7.84. The van der Waals surface area contributed by atoms with Gasteiger partial charge in [0, 0.05) is 12.8 Å². The van der Waals surface area contributed by atoms with Gasteiger partial charge in [-0.2, -0.15) is 0 Å². The lowest BCUT2D eigenvalue weighted by atomic mass is 10.0. The molecule has 0 aliphatic rings. The molecule has 0 radical (unpaired) electrons. The number of quaternary nitrogens is 1. The Kier molecular flexibility index (Phi) is 46.5. The highest BCUT2D eigenvalue weighted by atomic mass is 31.2. The summed E-state index contributed by atoms with van der Waals surface area (Å²) in [4.78, 5) is 37.5. The number of ether oxygens (including phenoxy) is 1. The minimum Gasteiger partial charge on any atom is -0.456 e. The van der Waals surface area contributed by atoms with Crippen molar-refractivity contribution in [3.05, 3.63) is 122 Å². The minimum atomic E-state index is -4.47. The van der Waals surface area contributed by atoms with Crippen LogP contribution in [0.1, 0.15) is 194 Å². The first-order valence-corrected chi connectivity index (χ1v) is 28.9. The second kappa shape index (κ2) is 49.0. The molecule has 0 rings (SSSR count).